The summed E-state index contributed by atoms with van der Waals surface area (Å²) in [6, 6.07) is 13.6. The smallest absolute Gasteiger partial charge is 0.190 e. The van der Waals surface area contributed by atoms with Crippen LogP contribution in [0.3, 0.4) is 0 Å². The van der Waals surface area contributed by atoms with Crippen molar-refractivity contribution in [2.24, 2.45) is 0 Å². The van der Waals surface area contributed by atoms with E-state index in [0.29, 0.717) is 21.6 Å². The van der Waals surface area contributed by atoms with Crippen molar-refractivity contribution in [3.63, 3.8) is 0 Å². The van der Waals surface area contributed by atoms with Gasteiger partial charge in [0, 0.05) is 46.5 Å². The van der Waals surface area contributed by atoms with E-state index in [2.05, 4.69) is 53.7 Å². The van der Waals surface area contributed by atoms with Gasteiger partial charge in [-0.2, -0.15) is 0 Å². The Morgan fingerprint density at radius 2 is 1.86 bits per heavy atom. The maximum Gasteiger partial charge on any atom is 0.190 e. The molecule has 0 radical (unpaired) electrons. The normalized spacial score (nSPS) is 12.7. The molecule has 0 bridgehead atoms. The Bertz CT molecular complexity index is 1180. The predicted molar refractivity (Wildman–Crippen MR) is 120 cm³/mol. The van der Waals surface area contributed by atoms with E-state index in [4.69, 9.17) is 9.40 Å². The largest absolute Gasteiger partial charge is 0.453 e. The fourth-order valence-corrected chi connectivity index (χ4v) is 4.12. The summed E-state index contributed by atoms with van der Waals surface area (Å²) in [5.74, 6) is 0.533. The predicted octanol–water partition coefficient (Wildman–Crippen LogP) is 5.62. The van der Waals surface area contributed by atoms with Gasteiger partial charge in [0.1, 0.15) is 11.2 Å². The maximum atomic E-state index is 12.6. The van der Waals surface area contributed by atoms with Crippen molar-refractivity contribution in [2.45, 2.75) is 32.0 Å². The molecule has 0 saturated carbocycles. The minimum absolute atomic E-state index is 0.0364. The van der Waals surface area contributed by atoms with Gasteiger partial charge in [-0.3, -0.25) is 4.79 Å². The molecule has 2 aromatic carbocycles. The Labute approximate surface area is 172 Å². The van der Waals surface area contributed by atoms with E-state index >= 15 is 0 Å². The van der Waals surface area contributed by atoms with Crippen LogP contribution in [0.5, 0.6) is 0 Å². The van der Waals surface area contributed by atoms with Gasteiger partial charge in [-0.05, 0) is 44.0 Å². The van der Waals surface area contributed by atoms with Crippen LogP contribution in [0, 0.1) is 0 Å². The summed E-state index contributed by atoms with van der Waals surface area (Å²) in [6.45, 7) is 8.22. The van der Waals surface area contributed by atoms with E-state index in [-0.39, 0.29) is 5.43 Å². The topological polar surface area (TPSA) is 46.3 Å². The summed E-state index contributed by atoms with van der Waals surface area (Å²) >= 11 is 3.60. The Morgan fingerprint density at radius 3 is 2.57 bits per heavy atom. The van der Waals surface area contributed by atoms with Crippen LogP contribution in [-0.4, -0.2) is 22.9 Å². The van der Waals surface area contributed by atoms with Crippen molar-refractivity contribution >= 4 is 43.5 Å². The zero-order chi connectivity index (χ0) is 19.8. The molecule has 4 rings (SSSR count). The van der Waals surface area contributed by atoms with Crippen LogP contribution < -0.4 is 10.3 Å². The highest BCUT2D eigenvalue weighted by molar-refractivity contribution is 9.09. The van der Waals surface area contributed by atoms with Gasteiger partial charge in [-0.1, -0.05) is 35.0 Å². The molecule has 2 aromatic rings. The van der Waals surface area contributed by atoms with Crippen molar-refractivity contribution in [3.05, 3.63) is 58.3 Å². The molecule has 4 nitrogen and oxygen atoms in total. The number of alkyl halides is 1. The highest BCUT2D eigenvalue weighted by Crippen LogP contribution is 2.32. The van der Waals surface area contributed by atoms with E-state index < -0.39 is 0 Å². The first kappa shape index (κ1) is 18.9. The molecule has 0 amide bonds. The maximum absolute atomic E-state index is 12.6. The van der Waals surface area contributed by atoms with Gasteiger partial charge in [-0.25, -0.2) is 4.98 Å². The van der Waals surface area contributed by atoms with E-state index in [1.807, 2.05) is 24.3 Å². The third-order valence-electron chi connectivity index (χ3n) is 5.14. The van der Waals surface area contributed by atoms with Gasteiger partial charge >= 0.3 is 0 Å². The molecule has 0 spiro atoms. The fraction of sp³-hybridized carbons (Fsp3) is 0.304. The zero-order valence-electron chi connectivity index (χ0n) is 16.3. The molecule has 28 heavy (non-hydrogen) atoms. The van der Waals surface area contributed by atoms with Crippen molar-refractivity contribution in [1.82, 2.24) is 4.98 Å². The minimum Gasteiger partial charge on any atom is -0.453 e. The third kappa shape index (κ3) is 3.39. The van der Waals surface area contributed by atoms with Gasteiger partial charge in [0.05, 0.1) is 0 Å². The first-order valence-corrected chi connectivity index (χ1v) is 10.6. The number of nitrogens with zero attached hydrogens (tertiary/aromatic N) is 2. The number of rotatable bonds is 5. The second-order valence-electron chi connectivity index (χ2n) is 7.12. The summed E-state index contributed by atoms with van der Waals surface area (Å²) in [4.78, 5) is 20.1. The second-order valence-corrected chi connectivity index (χ2v) is 8.69. The fourth-order valence-electron chi connectivity index (χ4n) is 3.75. The molecular formula is C23H23BrN2O2. The monoisotopic (exact) mass is 438 g/mol. The molecular weight excluding hydrogens is 416 g/mol. The first-order valence-electron chi connectivity index (χ1n) is 9.69. The second kappa shape index (κ2) is 7.55. The van der Waals surface area contributed by atoms with E-state index in [9.17, 15) is 4.79 Å². The molecule has 1 heterocycles. The highest BCUT2D eigenvalue weighted by atomic mass is 79.9. The lowest BCUT2D eigenvalue weighted by Gasteiger charge is -2.21. The number of hydrogen-bond donors (Lipinski definition) is 0. The summed E-state index contributed by atoms with van der Waals surface area (Å²) < 4.78 is 6.14. The van der Waals surface area contributed by atoms with E-state index in [0.717, 1.165) is 41.8 Å². The molecule has 144 valence electrons. The van der Waals surface area contributed by atoms with E-state index in [1.165, 1.54) is 5.56 Å². The molecule has 1 aliphatic carbocycles. The zero-order valence-corrected chi connectivity index (χ0v) is 17.9. The average molecular weight is 439 g/mol. The Kier molecular flexibility index (Phi) is 5.11. The number of aromatic nitrogens is 1. The van der Waals surface area contributed by atoms with Crippen LogP contribution in [0.25, 0.3) is 33.3 Å². The van der Waals surface area contributed by atoms with E-state index in [1.54, 1.807) is 6.07 Å². The number of hydrogen-bond acceptors (Lipinski definition) is 4. The summed E-state index contributed by atoms with van der Waals surface area (Å²) in [7, 11) is 0. The number of fused-ring (bicyclic) bond motifs is 4. The number of benzene rings is 3. The Balaban J connectivity index is 1.96. The molecule has 1 unspecified atom stereocenters. The molecule has 0 fully saturated rings. The summed E-state index contributed by atoms with van der Waals surface area (Å²) in [6.07, 6.45) is 0.887. The number of halogens is 1. The lowest BCUT2D eigenvalue weighted by molar-refractivity contribution is 0.613. The molecule has 0 aromatic heterocycles. The third-order valence-corrected chi connectivity index (χ3v) is 5.47. The van der Waals surface area contributed by atoms with Gasteiger partial charge in [0.2, 0.25) is 0 Å². The molecule has 0 N–H and O–H groups in total. The van der Waals surface area contributed by atoms with Gasteiger partial charge in [0.15, 0.2) is 16.8 Å². The Hall–Kier alpha value is -2.40. The number of anilines is 1. The minimum atomic E-state index is -0.0364. The lowest BCUT2D eigenvalue weighted by Crippen LogP contribution is -2.21. The quantitative estimate of drug-likeness (QED) is 0.230. The summed E-state index contributed by atoms with van der Waals surface area (Å²) in [5, 5.41) is 1.53. The highest BCUT2D eigenvalue weighted by Gasteiger charge is 2.17. The summed E-state index contributed by atoms with van der Waals surface area (Å²) in [5.41, 5.74) is 4.46. The van der Waals surface area contributed by atoms with Crippen molar-refractivity contribution in [2.75, 3.05) is 18.0 Å². The van der Waals surface area contributed by atoms with Crippen LogP contribution in [0.1, 0.15) is 26.3 Å². The SMILES string of the molecule is CCN(CC)c1ccc2nc3c4cc(CC(C)Br)ccc4c(=O)cc-3oc2c1. The van der Waals surface area contributed by atoms with Crippen molar-refractivity contribution < 1.29 is 4.42 Å². The molecule has 1 aliphatic heterocycles. The van der Waals surface area contributed by atoms with Gasteiger partial charge in [0.25, 0.3) is 0 Å². The molecule has 2 aliphatic rings. The molecule has 0 saturated heterocycles. The van der Waals surface area contributed by atoms with Crippen LogP contribution in [-0.2, 0) is 6.42 Å². The average Bonchev–Trinajstić information content (AvgIpc) is 2.67. The van der Waals surface area contributed by atoms with Gasteiger partial charge in [-0.15, -0.1) is 0 Å². The van der Waals surface area contributed by atoms with Crippen molar-refractivity contribution in [3.8, 4) is 11.5 Å². The lowest BCUT2D eigenvalue weighted by atomic mass is 10.00. The van der Waals surface area contributed by atoms with Crippen LogP contribution >= 0.6 is 15.9 Å². The molecule has 5 heteroatoms. The first-order chi connectivity index (χ1) is 13.5. The molecule has 1 atom stereocenters. The van der Waals surface area contributed by atoms with Gasteiger partial charge < -0.3 is 9.32 Å². The van der Waals surface area contributed by atoms with Crippen LogP contribution in [0.4, 0.5) is 5.69 Å². The standard InChI is InChI=1S/C23H23BrN2O2/c1-4-26(5-2)16-7-9-19-21(12-16)28-22-13-20(27)17-8-6-15(10-14(3)24)11-18(17)23(22)25-19/h6-9,11-14H,4-5,10H2,1-3H3. The van der Waals surface area contributed by atoms with Crippen LogP contribution in [0.15, 0.2) is 51.7 Å². The van der Waals surface area contributed by atoms with Crippen molar-refractivity contribution in [1.29, 1.82) is 0 Å². The Morgan fingerprint density at radius 1 is 1.07 bits per heavy atom. The van der Waals surface area contributed by atoms with Crippen LogP contribution in [0.2, 0.25) is 0 Å².